The van der Waals surface area contributed by atoms with Crippen molar-refractivity contribution < 1.29 is 4.79 Å². The molecule has 7 heteroatoms. The number of hydrogen-bond donors (Lipinski definition) is 1. The number of rotatable bonds is 4. The van der Waals surface area contributed by atoms with Gasteiger partial charge in [-0.15, -0.1) is 0 Å². The van der Waals surface area contributed by atoms with Crippen LogP contribution in [0.5, 0.6) is 0 Å². The SMILES string of the molecule is CC(=NNC(=O)c1cnn(-c2ccccc2)c1C)c1ccc(Cl)cc1Cl. The van der Waals surface area contributed by atoms with E-state index in [9.17, 15) is 4.79 Å². The van der Waals surface area contributed by atoms with Crippen LogP contribution in [-0.2, 0) is 0 Å². The summed E-state index contributed by atoms with van der Waals surface area (Å²) >= 11 is 12.1. The third kappa shape index (κ3) is 3.79. The highest BCUT2D eigenvalue weighted by Crippen LogP contribution is 2.21. The average Bonchev–Trinajstić information content (AvgIpc) is 3.01. The molecule has 0 fully saturated rings. The zero-order valence-electron chi connectivity index (χ0n) is 14.2. The first-order valence-corrected chi connectivity index (χ1v) is 8.63. The summed E-state index contributed by atoms with van der Waals surface area (Å²) in [5.41, 5.74) is 5.89. The number of hydrazone groups is 1. The van der Waals surface area contributed by atoms with E-state index in [1.54, 1.807) is 29.8 Å². The minimum atomic E-state index is -0.339. The first-order chi connectivity index (χ1) is 12.5. The van der Waals surface area contributed by atoms with Crippen LogP contribution in [0.15, 0.2) is 59.8 Å². The molecule has 0 radical (unpaired) electrons. The van der Waals surface area contributed by atoms with E-state index in [-0.39, 0.29) is 5.91 Å². The molecule has 1 heterocycles. The number of carbonyl (C=O) groups excluding carboxylic acids is 1. The molecule has 1 aromatic heterocycles. The Morgan fingerprint density at radius 3 is 2.54 bits per heavy atom. The number of hydrogen-bond acceptors (Lipinski definition) is 3. The van der Waals surface area contributed by atoms with Crippen molar-refractivity contribution in [2.75, 3.05) is 0 Å². The number of nitrogens with zero attached hydrogens (tertiary/aromatic N) is 3. The van der Waals surface area contributed by atoms with E-state index < -0.39 is 0 Å². The molecule has 1 amide bonds. The molecule has 0 atom stereocenters. The second-order valence-corrected chi connectivity index (χ2v) is 6.50. The largest absolute Gasteiger partial charge is 0.274 e. The molecule has 5 nitrogen and oxygen atoms in total. The first kappa shape index (κ1) is 18.2. The number of aromatic nitrogens is 2. The van der Waals surface area contributed by atoms with Crippen LogP contribution in [0.3, 0.4) is 0 Å². The maximum atomic E-state index is 12.5. The Hall–Kier alpha value is -2.63. The first-order valence-electron chi connectivity index (χ1n) is 7.87. The van der Waals surface area contributed by atoms with E-state index in [0.29, 0.717) is 26.9 Å². The molecular formula is C19H16Cl2N4O. The van der Waals surface area contributed by atoms with Gasteiger partial charge in [0, 0.05) is 10.6 Å². The van der Waals surface area contributed by atoms with Crippen molar-refractivity contribution in [2.24, 2.45) is 5.10 Å². The van der Waals surface area contributed by atoms with Gasteiger partial charge < -0.3 is 0 Å². The van der Waals surface area contributed by atoms with Crippen molar-refractivity contribution >= 4 is 34.8 Å². The van der Waals surface area contributed by atoms with Gasteiger partial charge in [0.15, 0.2) is 0 Å². The lowest BCUT2D eigenvalue weighted by molar-refractivity contribution is 0.0954. The number of benzene rings is 2. The summed E-state index contributed by atoms with van der Waals surface area (Å²) in [6.45, 7) is 3.59. The predicted octanol–water partition coefficient (Wildman–Crippen LogP) is 4.64. The summed E-state index contributed by atoms with van der Waals surface area (Å²) in [5, 5.41) is 9.44. The van der Waals surface area contributed by atoms with Crippen LogP contribution in [-0.4, -0.2) is 21.4 Å². The van der Waals surface area contributed by atoms with Crippen LogP contribution in [0.25, 0.3) is 5.69 Å². The summed E-state index contributed by atoms with van der Waals surface area (Å²) in [5.74, 6) is -0.339. The smallest absolute Gasteiger partial charge is 0.267 e. The van der Waals surface area contributed by atoms with Crippen LogP contribution in [0, 0.1) is 6.92 Å². The average molecular weight is 387 g/mol. The second kappa shape index (κ2) is 7.72. The Morgan fingerprint density at radius 1 is 1.12 bits per heavy atom. The number of para-hydroxylation sites is 1. The fraction of sp³-hybridized carbons (Fsp3) is 0.105. The Kier molecular flexibility index (Phi) is 5.40. The third-order valence-electron chi connectivity index (χ3n) is 3.90. The lowest BCUT2D eigenvalue weighted by Gasteiger charge is -2.06. The molecule has 1 N–H and O–H groups in total. The predicted molar refractivity (Wildman–Crippen MR) is 104 cm³/mol. The van der Waals surface area contributed by atoms with Gasteiger partial charge in [0.1, 0.15) is 0 Å². The van der Waals surface area contributed by atoms with E-state index in [1.165, 1.54) is 6.20 Å². The maximum absolute atomic E-state index is 12.5. The second-order valence-electron chi connectivity index (χ2n) is 5.65. The number of nitrogens with one attached hydrogen (secondary N) is 1. The van der Waals surface area contributed by atoms with Crippen molar-refractivity contribution in [3.8, 4) is 5.69 Å². The number of amides is 1. The Labute approximate surface area is 161 Å². The molecule has 0 spiro atoms. The molecule has 0 saturated carbocycles. The Bertz CT molecular complexity index is 980. The maximum Gasteiger partial charge on any atom is 0.274 e. The van der Waals surface area contributed by atoms with Crippen LogP contribution < -0.4 is 5.43 Å². The van der Waals surface area contributed by atoms with Crippen LogP contribution in [0.2, 0.25) is 10.0 Å². The lowest BCUT2D eigenvalue weighted by atomic mass is 10.1. The molecule has 26 heavy (non-hydrogen) atoms. The summed E-state index contributed by atoms with van der Waals surface area (Å²) in [4.78, 5) is 12.5. The quantitative estimate of drug-likeness (QED) is 0.524. The molecule has 0 aliphatic carbocycles. The Morgan fingerprint density at radius 2 is 1.85 bits per heavy atom. The molecule has 132 valence electrons. The van der Waals surface area contributed by atoms with Gasteiger partial charge in [-0.2, -0.15) is 10.2 Å². The van der Waals surface area contributed by atoms with Gasteiger partial charge in [-0.1, -0.05) is 47.5 Å². The molecule has 0 saturated heterocycles. The fourth-order valence-corrected chi connectivity index (χ4v) is 3.05. The monoisotopic (exact) mass is 386 g/mol. The zero-order chi connectivity index (χ0) is 18.7. The van der Waals surface area contributed by atoms with Crippen LogP contribution in [0.4, 0.5) is 0 Å². The highest BCUT2D eigenvalue weighted by atomic mass is 35.5. The highest BCUT2D eigenvalue weighted by Gasteiger charge is 2.15. The molecule has 3 rings (SSSR count). The van der Waals surface area contributed by atoms with Gasteiger partial charge in [0.25, 0.3) is 5.91 Å². The number of carbonyl (C=O) groups is 1. The third-order valence-corrected chi connectivity index (χ3v) is 4.45. The van der Waals surface area contributed by atoms with Gasteiger partial charge in [-0.3, -0.25) is 4.79 Å². The summed E-state index contributed by atoms with van der Waals surface area (Å²) in [7, 11) is 0. The van der Waals surface area contributed by atoms with Gasteiger partial charge in [0.2, 0.25) is 0 Å². The summed E-state index contributed by atoms with van der Waals surface area (Å²) in [6.07, 6.45) is 1.53. The van der Waals surface area contributed by atoms with Crippen molar-refractivity contribution in [1.29, 1.82) is 0 Å². The molecule has 3 aromatic rings. The van der Waals surface area contributed by atoms with Gasteiger partial charge in [-0.25, -0.2) is 10.1 Å². The van der Waals surface area contributed by atoms with Crippen molar-refractivity contribution in [3.63, 3.8) is 0 Å². The molecular weight excluding hydrogens is 371 g/mol. The topological polar surface area (TPSA) is 59.3 Å². The van der Waals surface area contributed by atoms with Crippen LogP contribution >= 0.6 is 23.2 Å². The summed E-state index contributed by atoms with van der Waals surface area (Å²) in [6, 6.07) is 14.7. The highest BCUT2D eigenvalue weighted by molar-refractivity contribution is 6.37. The van der Waals surface area contributed by atoms with E-state index in [1.807, 2.05) is 37.3 Å². The molecule has 0 aliphatic rings. The molecule has 0 bridgehead atoms. The van der Waals surface area contributed by atoms with Gasteiger partial charge >= 0.3 is 0 Å². The van der Waals surface area contributed by atoms with Gasteiger partial charge in [0.05, 0.1) is 33.9 Å². The van der Waals surface area contributed by atoms with E-state index in [4.69, 9.17) is 23.2 Å². The Balaban J connectivity index is 1.79. The molecule has 0 unspecified atom stereocenters. The van der Waals surface area contributed by atoms with E-state index >= 15 is 0 Å². The van der Waals surface area contributed by atoms with E-state index in [0.717, 1.165) is 11.4 Å². The van der Waals surface area contributed by atoms with Gasteiger partial charge in [-0.05, 0) is 38.1 Å². The number of halogens is 2. The lowest BCUT2D eigenvalue weighted by Crippen LogP contribution is -2.20. The van der Waals surface area contributed by atoms with Crippen molar-refractivity contribution in [1.82, 2.24) is 15.2 Å². The normalized spacial score (nSPS) is 11.5. The standard InChI is InChI=1S/C19H16Cl2N4O/c1-12(16-9-8-14(20)10-18(16)21)23-24-19(26)17-11-22-25(13(17)2)15-6-4-3-5-7-15/h3-11H,1-2H3,(H,24,26). The minimum Gasteiger partial charge on any atom is -0.267 e. The van der Waals surface area contributed by atoms with E-state index in [2.05, 4.69) is 15.6 Å². The summed E-state index contributed by atoms with van der Waals surface area (Å²) < 4.78 is 1.71. The minimum absolute atomic E-state index is 0.339. The van der Waals surface area contributed by atoms with Crippen molar-refractivity contribution in [3.05, 3.63) is 81.6 Å². The molecule has 0 aliphatic heterocycles. The zero-order valence-corrected chi connectivity index (χ0v) is 15.7. The van der Waals surface area contributed by atoms with Crippen LogP contribution in [0.1, 0.15) is 28.5 Å². The fourth-order valence-electron chi connectivity index (χ4n) is 2.50. The van der Waals surface area contributed by atoms with Crippen molar-refractivity contribution in [2.45, 2.75) is 13.8 Å². The molecule has 2 aromatic carbocycles.